The number of aliphatic imine (C=N–C) groups is 1. The summed E-state index contributed by atoms with van der Waals surface area (Å²) in [5.41, 5.74) is 0.0593. The summed E-state index contributed by atoms with van der Waals surface area (Å²) in [5, 5.41) is 6.77. The molecule has 1 aromatic carbocycles. The van der Waals surface area contributed by atoms with Crippen LogP contribution in [0.15, 0.2) is 29.3 Å². The molecule has 0 bridgehead atoms. The van der Waals surface area contributed by atoms with Gasteiger partial charge in [-0.15, -0.1) is 24.0 Å². The van der Waals surface area contributed by atoms with Gasteiger partial charge in [-0.1, -0.05) is 18.6 Å². The molecule has 0 amide bonds. The zero-order valence-electron chi connectivity index (χ0n) is 19.3. The summed E-state index contributed by atoms with van der Waals surface area (Å²) >= 11 is 0. The predicted molar refractivity (Wildman–Crippen MR) is 135 cm³/mol. The predicted octanol–water partition coefficient (Wildman–Crippen LogP) is 4.50. The Hall–Kier alpha value is -1.07. The van der Waals surface area contributed by atoms with E-state index in [2.05, 4.69) is 32.5 Å². The number of benzene rings is 1. The lowest BCUT2D eigenvalue weighted by molar-refractivity contribution is -0.137. The van der Waals surface area contributed by atoms with Crippen LogP contribution in [0.5, 0.6) is 0 Å². The summed E-state index contributed by atoms with van der Waals surface area (Å²) in [5.74, 6) is 0.625. The average Bonchev–Trinajstić information content (AvgIpc) is 2.78. The number of guanidine groups is 1. The van der Waals surface area contributed by atoms with Crippen LogP contribution >= 0.6 is 24.0 Å². The minimum atomic E-state index is -4.34. The minimum absolute atomic E-state index is 0. The number of halogens is 4. The first kappa shape index (κ1) is 27.2. The Morgan fingerprint density at radius 1 is 1.12 bits per heavy atom. The number of piperidine rings is 2. The van der Waals surface area contributed by atoms with Gasteiger partial charge in [-0.3, -0.25) is 9.89 Å². The molecule has 0 radical (unpaired) electrons. The molecule has 182 valence electrons. The van der Waals surface area contributed by atoms with Crippen LogP contribution in [0.25, 0.3) is 0 Å². The molecule has 2 aliphatic heterocycles. The zero-order valence-corrected chi connectivity index (χ0v) is 21.7. The smallest absolute Gasteiger partial charge is 0.355 e. The van der Waals surface area contributed by atoms with Crippen LogP contribution < -0.4 is 10.6 Å². The van der Waals surface area contributed by atoms with Crippen molar-refractivity contribution in [1.82, 2.24) is 20.4 Å². The second-order valence-electron chi connectivity index (χ2n) is 8.99. The fraction of sp³-hybridized carbons (Fsp3) is 0.696. The lowest BCUT2D eigenvalue weighted by Gasteiger charge is -2.50. The molecular formula is C23H37F3IN5. The van der Waals surface area contributed by atoms with Crippen LogP contribution in [0.3, 0.4) is 0 Å². The van der Waals surface area contributed by atoms with E-state index in [1.165, 1.54) is 31.4 Å². The van der Waals surface area contributed by atoms with Crippen molar-refractivity contribution in [3.05, 3.63) is 35.4 Å². The summed E-state index contributed by atoms with van der Waals surface area (Å²) in [6.07, 6.45) is 1.67. The van der Waals surface area contributed by atoms with Crippen LogP contribution in [0.2, 0.25) is 0 Å². The van der Waals surface area contributed by atoms with Crippen molar-refractivity contribution in [2.75, 3.05) is 46.8 Å². The van der Waals surface area contributed by atoms with Gasteiger partial charge in [-0.2, -0.15) is 13.2 Å². The number of nitrogens with one attached hydrogen (secondary N) is 2. The standard InChI is InChI=1S/C23H36F3N5.HI/c1-18(19-8-7-9-20(16-19)23(24,25)26)29-21(27-2)28-17-22(10-14-30(3)15-11-22)31-12-5-4-6-13-31;/h7-9,16,18H,4-6,10-15,17H2,1-3H3,(H2,27,28,29);1H. The topological polar surface area (TPSA) is 42.9 Å². The van der Waals surface area contributed by atoms with Gasteiger partial charge in [-0.05, 0) is 83.5 Å². The van der Waals surface area contributed by atoms with Crippen LogP contribution in [0.1, 0.15) is 56.2 Å². The van der Waals surface area contributed by atoms with Gasteiger partial charge in [0.25, 0.3) is 0 Å². The van der Waals surface area contributed by atoms with Gasteiger partial charge in [0.15, 0.2) is 5.96 Å². The normalized spacial score (nSPS) is 21.5. The largest absolute Gasteiger partial charge is 0.416 e. The summed E-state index contributed by atoms with van der Waals surface area (Å²) in [4.78, 5) is 9.38. The molecule has 0 saturated carbocycles. The van der Waals surface area contributed by atoms with Gasteiger partial charge in [0.2, 0.25) is 0 Å². The molecule has 1 atom stereocenters. The molecule has 0 aromatic heterocycles. The fourth-order valence-electron chi connectivity index (χ4n) is 4.72. The third-order valence-corrected chi connectivity index (χ3v) is 6.82. The summed E-state index contributed by atoms with van der Waals surface area (Å²) in [7, 11) is 3.88. The van der Waals surface area contributed by atoms with Crippen LogP contribution in [0.4, 0.5) is 13.2 Å². The Morgan fingerprint density at radius 3 is 2.38 bits per heavy atom. The van der Waals surface area contributed by atoms with Crippen LogP contribution in [-0.2, 0) is 6.18 Å². The maximum atomic E-state index is 13.1. The van der Waals surface area contributed by atoms with E-state index in [1.807, 2.05) is 6.92 Å². The summed E-state index contributed by atoms with van der Waals surface area (Å²) < 4.78 is 39.2. The molecular weight excluding hydrogens is 530 g/mol. The maximum Gasteiger partial charge on any atom is 0.416 e. The number of likely N-dealkylation sites (tertiary alicyclic amines) is 2. The molecule has 32 heavy (non-hydrogen) atoms. The van der Waals surface area contributed by atoms with Crippen molar-refractivity contribution in [1.29, 1.82) is 0 Å². The van der Waals surface area contributed by atoms with E-state index >= 15 is 0 Å². The molecule has 0 spiro atoms. The van der Waals surface area contributed by atoms with Gasteiger partial charge in [-0.25, -0.2) is 0 Å². The second-order valence-corrected chi connectivity index (χ2v) is 8.99. The van der Waals surface area contributed by atoms with Crippen LogP contribution in [0, 0.1) is 0 Å². The zero-order chi connectivity index (χ0) is 22.5. The summed E-state index contributed by atoms with van der Waals surface area (Å²) in [6.45, 7) is 7.07. The molecule has 2 heterocycles. The number of hydrogen-bond acceptors (Lipinski definition) is 3. The molecule has 2 fully saturated rings. The molecule has 1 aromatic rings. The molecule has 3 rings (SSSR count). The van der Waals surface area contributed by atoms with E-state index in [-0.39, 0.29) is 35.6 Å². The van der Waals surface area contributed by atoms with Gasteiger partial charge in [0.05, 0.1) is 11.6 Å². The molecule has 2 saturated heterocycles. The quantitative estimate of drug-likeness (QED) is 0.313. The Morgan fingerprint density at radius 2 is 1.78 bits per heavy atom. The highest BCUT2D eigenvalue weighted by Crippen LogP contribution is 2.32. The number of hydrogen-bond donors (Lipinski definition) is 2. The molecule has 5 nitrogen and oxygen atoms in total. The highest BCUT2D eigenvalue weighted by Gasteiger charge is 2.39. The molecule has 1 unspecified atom stereocenters. The molecule has 0 aliphatic carbocycles. The Bertz CT molecular complexity index is 741. The Balaban J connectivity index is 0.00000363. The Kier molecular flexibility index (Phi) is 10.1. The van der Waals surface area contributed by atoms with E-state index in [9.17, 15) is 13.2 Å². The van der Waals surface area contributed by atoms with Gasteiger partial charge in [0, 0.05) is 19.1 Å². The van der Waals surface area contributed by atoms with E-state index in [1.54, 1.807) is 13.1 Å². The van der Waals surface area contributed by atoms with Crippen molar-refractivity contribution < 1.29 is 13.2 Å². The van der Waals surface area contributed by atoms with Crippen molar-refractivity contribution in [2.45, 2.75) is 56.8 Å². The third-order valence-electron chi connectivity index (χ3n) is 6.82. The first-order valence-corrected chi connectivity index (χ1v) is 11.3. The van der Waals surface area contributed by atoms with E-state index in [0.717, 1.165) is 51.6 Å². The number of rotatable bonds is 5. The average molecular weight is 567 g/mol. The highest BCUT2D eigenvalue weighted by atomic mass is 127. The van der Waals surface area contributed by atoms with Gasteiger partial charge >= 0.3 is 6.18 Å². The lowest BCUT2D eigenvalue weighted by atomic mass is 9.84. The minimum Gasteiger partial charge on any atom is -0.355 e. The van der Waals surface area contributed by atoms with Gasteiger partial charge < -0.3 is 15.5 Å². The summed E-state index contributed by atoms with van der Waals surface area (Å²) in [6, 6.07) is 5.18. The van der Waals surface area contributed by atoms with E-state index in [4.69, 9.17) is 0 Å². The number of nitrogens with zero attached hydrogens (tertiary/aromatic N) is 3. The second kappa shape index (κ2) is 11.9. The third kappa shape index (κ3) is 6.96. The lowest BCUT2D eigenvalue weighted by Crippen LogP contribution is -2.62. The van der Waals surface area contributed by atoms with Crippen LogP contribution in [-0.4, -0.2) is 68.1 Å². The molecule has 2 aliphatic rings. The molecule has 9 heteroatoms. The van der Waals surface area contributed by atoms with Crippen molar-refractivity contribution in [3.8, 4) is 0 Å². The Labute approximate surface area is 207 Å². The fourth-order valence-corrected chi connectivity index (χ4v) is 4.72. The number of alkyl halides is 3. The SMILES string of the molecule is CN=C(NCC1(N2CCCCC2)CCN(C)CC1)NC(C)c1cccc(C(F)(F)F)c1.I. The molecule has 2 N–H and O–H groups in total. The van der Waals surface area contributed by atoms with E-state index in [0.29, 0.717) is 11.5 Å². The first-order valence-electron chi connectivity index (χ1n) is 11.3. The van der Waals surface area contributed by atoms with Gasteiger partial charge in [0.1, 0.15) is 0 Å². The monoisotopic (exact) mass is 567 g/mol. The first-order chi connectivity index (χ1) is 14.7. The van der Waals surface area contributed by atoms with Crippen molar-refractivity contribution in [2.24, 2.45) is 4.99 Å². The maximum absolute atomic E-state index is 13.1. The van der Waals surface area contributed by atoms with E-state index < -0.39 is 11.7 Å². The highest BCUT2D eigenvalue weighted by molar-refractivity contribution is 14.0. The van der Waals surface area contributed by atoms with Crippen molar-refractivity contribution in [3.63, 3.8) is 0 Å². The van der Waals surface area contributed by atoms with Crippen molar-refractivity contribution >= 4 is 29.9 Å².